The number of aromatic nitrogens is 1. The standard InChI is InChI=1S/C23H19F2N3O3S/c24-18-8-6-15(10-19(18)25)28-22-17(14-4-2-1-3-5-14)12-26-23(22)32(29,30)16-7-9-21-20(11-16)27-13-31-21/h1-11,13,17,22-23,26,28H,12H2. The van der Waals surface area contributed by atoms with Gasteiger partial charge in [-0.15, -0.1) is 0 Å². The van der Waals surface area contributed by atoms with Crippen molar-refractivity contribution in [2.75, 3.05) is 11.9 Å². The molecular weight excluding hydrogens is 436 g/mol. The first-order chi connectivity index (χ1) is 15.4. The molecule has 32 heavy (non-hydrogen) atoms. The van der Waals surface area contributed by atoms with Gasteiger partial charge >= 0.3 is 0 Å². The number of sulfone groups is 1. The van der Waals surface area contributed by atoms with Gasteiger partial charge in [0.05, 0.1) is 10.9 Å². The van der Waals surface area contributed by atoms with Crippen molar-refractivity contribution in [3.05, 3.63) is 90.3 Å². The molecule has 3 atom stereocenters. The van der Waals surface area contributed by atoms with Gasteiger partial charge in [-0.05, 0) is 35.9 Å². The second kappa shape index (κ2) is 7.99. The van der Waals surface area contributed by atoms with Crippen LogP contribution in [0.15, 0.2) is 82.4 Å². The number of rotatable bonds is 5. The van der Waals surface area contributed by atoms with Crippen LogP contribution in [0.1, 0.15) is 11.5 Å². The summed E-state index contributed by atoms with van der Waals surface area (Å²) in [4.78, 5) is 4.14. The highest BCUT2D eigenvalue weighted by atomic mass is 32.2. The van der Waals surface area contributed by atoms with Crippen LogP contribution in [0.4, 0.5) is 14.5 Å². The number of benzene rings is 3. The first-order valence-corrected chi connectivity index (χ1v) is 11.6. The molecular formula is C23H19F2N3O3S. The van der Waals surface area contributed by atoms with Crippen molar-refractivity contribution in [2.45, 2.75) is 22.2 Å². The van der Waals surface area contributed by atoms with Crippen LogP contribution in [-0.2, 0) is 9.84 Å². The average Bonchev–Trinajstić information content (AvgIpc) is 3.43. The molecule has 5 rings (SSSR count). The maximum absolute atomic E-state index is 13.8. The number of oxazole rings is 1. The van der Waals surface area contributed by atoms with Gasteiger partial charge in [0, 0.05) is 24.2 Å². The lowest BCUT2D eigenvalue weighted by molar-refractivity contribution is 0.508. The number of nitrogens with one attached hydrogen (secondary N) is 2. The molecule has 0 bridgehead atoms. The fourth-order valence-corrected chi connectivity index (χ4v) is 5.94. The molecule has 0 aliphatic carbocycles. The molecule has 9 heteroatoms. The van der Waals surface area contributed by atoms with Gasteiger partial charge < -0.3 is 9.73 Å². The average molecular weight is 455 g/mol. The fourth-order valence-electron chi connectivity index (χ4n) is 4.15. The molecule has 0 radical (unpaired) electrons. The summed E-state index contributed by atoms with van der Waals surface area (Å²) in [5, 5.41) is 5.24. The van der Waals surface area contributed by atoms with Gasteiger partial charge in [0.1, 0.15) is 10.9 Å². The van der Waals surface area contributed by atoms with E-state index in [2.05, 4.69) is 15.6 Å². The van der Waals surface area contributed by atoms with E-state index in [0.29, 0.717) is 23.3 Å². The Morgan fingerprint density at radius 1 is 1.00 bits per heavy atom. The van der Waals surface area contributed by atoms with Crippen LogP contribution in [-0.4, -0.2) is 31.4 Å². The Kier molecular flexibility index (Phi) is 5.15. The lowest BCUT2D eigenvalue weighted by Crippen LogP contribution is -2.43. The molecule has 1 aromatic heterocycles. The highest BCUT2D eigenvalue weighted by Gasteiger charge is 2.44. The Morgan fingerprint density at radius 3 is 2.59 bits per heavy atom. The number of fused-ring (bicyclic) bond motifs is 1. The van der Waals surface area contributed by atoms with E-state index >= 15 is 0 Å². The van der Waals surface area contributed by atoms with Crippen LogP contribution in [0.25, 0.3) is 11.1 Å². The van der Waals surface area contributed by atoms with E-state index in [9.17, 15) is 17.2 Å². The highest BCUT2D eigenvalue weighted by Crippen LogP contribution is 2.34. The molecule has 3 aromatic carbocycles. The lowest BCUT2D eigenvalue weighted by atomic mass is 9.94. The minimum atomic E-state index is -3.86. The van der Waals surface area contributed by atoms with Crippen LogP contribution >= 0.6 is 0 Å². The summed E-state index contributed by atoms with van der Waals surface area (Å²) < 4.78 is 59.7. The minimum Gasteiger partial charge on any atom is -0.443 e. The minimum absolute atomic E-state index is 0.0993. The van der Waals surface area contributed by atoms with E-state index in [1.165, 1.54) is 24.6 Å². The first kappa shape index (κ1) is 20.6. The normalized spacial score (nSPS) is 21.1. The van der Waals surface area contributed by atoms with Crippen LogP contribution in [0.2, 0.25) is 0 Å². The Labute approximate surface area is 183 Å². The summed E-state index contributed by atoms with van der Waals surface area (Å²) in [6, 6.07) is 16.8. The summed E-state index contributed by atoms with van der Waals surface area (Å²) >= 11 is 0. The van der Waals surface area contributed by atoms with Gasteiger partial charge in [0.15, 0.2) is 33.4 Å². The van der Waals surface area contributed by atoms with Gasteiger partial charge in [0.2, 0.25) is 0 Å². The van der Waals surface area contributed by atoms with E-state index in [4.69, 9.17) is 4.42 Å². The second-order valence-corrected chi connectivity index (χ2v) is 9.74. The predicted molar refractivity (Wildman–Crippen MR) is 116 cm³/mol. The van der Waals surface area contributed by atoms with E-state index in [0.717, 1.165) is 17.7 Å². The maximum atomic E-state index is 13.8. The van der Waals surface area contributed by atoms with Crippen LogP contribution in [0.3, 0.4) is 0 Å². The number of halogens is 2. The van der Waals surface area contributed by atoms with Crippen molar-refractivity contribution in [3.63, 3.8) is 0 Å². The molecule has 1 saturated heterocycles. The van der Waals surface area contributed by atoms with Gasteiger partial charge in [-0.3, -0.25) is 5.32 Å². The molecule has 2 N–H and O–H groups in total. The summed E-state index contributed by atoms with van der Waals surface area (Å²) in [6.45, 7) is 0.390. The zero-order chi connectivity index (χ0) is 22.3. The third kappa shape index (κ3) is 3.63. The first-order valence-electron chi connectivity index (χ1n) is 10.0. The Balaban J connectivity index is 1.55. The number of hydrogen-bond donors (Lipinski definition) is 2. The van der Waals surface area contributed by atoms with Gasteiger partial charge in [0.25, 0.3) is 0 Å². The van der Waals surface area contributed by atoms with Gasteiger partial charge in [-0.1, -0.05) is 30.3 Å². The maximum Gasteiger partial charge on any atom is 0.196 e. The van der Waals surface area contributed by atoms with Crippen LogP contribution in [0, 0.1) is 11.6 Å². The Bertz CT molecular complexity index is 1380. The van der Waals surface area contributed by atoms with E-state index in [1.54, 1.807) is 6.07 Å². The monoisotopic (exact) mass is 455 g/mol. The van der Waals surface area contributed by atoms with E-state index in [-0.39, 0.29) is 10.8 Å². The zero-order valence-corrected chi connectivity index (χ0v) is 17.5. The molecule has 3 unspecified atom stereocenters. The Hall–Kier alpha value is -3.30. The fraction of sp³-hybridized carbons (Fsp3) is 0.174. The molecule has 6 nitrogen and oxygen atoms in total. The third-order valence-electron chi connectivity index (χ3n) is 5.74. The third-order valence-corrected chi connectivity index (χ3v) is 7.78. The quantitative estimate of drug-likeness (QED) is 0.472. The lowest BCUT2D eigenvalue weighted by Gasteiger charge is -2.26. The van der Waals surface area contributed by atoms with Crippen molar-refractivity contribution in [3.8, 4) is 0 Å². The van der Waals surface area contributed by atoms with Crippen LogP contribution in [0.5, 0.6) is 0 Å². The van der Waals surface area contributed by atoms with Crippen molar-refractivity contribution < 1.29 is 21.6 Å². The Morgan fingerprint density at radius 2 is 1.81 bits per heavy atom. The van der Waals surface area contributed by atoms with Crippen LogP contribution < -0.4 is 10.6 Å². The van der Waals surface area contributed by atoms with Crippen molar-refractivity contribution >= 4 is 26.6 Å². The summed E-state index contributed by atoms with van der Waals surface area (Å²) in [6.07, 6.45) is 1.26. The molecule has 1 aliphatic rings. The predicted octanol–water partition coefficient (Wildman–Crippen LogP) is 4.07. The topological polar surface area (TPSA) is 84.2 Å². The molecule has 1 aliphatic heterocycles. The molecule has 0 spiro atoms. The summed E-state index contributed by atoms with van der Waals surface area (Å²) in [7, 11) is -3.86. The number of hydrogen-bond acceptors (Lipinski definition) is 6. The second-order valence-electron chi connectivity index (χ2n) is 7.67. The molecule has 4 aromatic rings. The number of anilines is 1. The molecule has 0 amide bonds. The molecule has 164 valence electrons. The zero-order valence-electron chi connectivity index (χ0n) is 16.7. The molecule has 2 heterocycles. The number of nitrogens with zero attached hydrogens (tertiary/aromatic N) is 1. The smallest absolute Gasteiger partial charge is 0.196 e. The van der Waals surface area contributed by atoms with Crippen molar-refractivity contribution in [2.24, 2.45) is 0 Å². The van der Waals surface area contributed by atoms with Gasteiger partial charge in [-0.2, -0.15) is 0 Å². The van der Waals surface area contributed by atoms with Gasteiger partial charge in [-0.25, -0.2) is 22.2 Å². The molecule has 1 fully saturated rings. The SMILES string of the molecule is O=S(=O)(c1ccc2ocnc2c1)C1NCC(c2ccccc2)C1Nc1ccc(F)c(F)c1. The van der Waals surface area contributed by atoms with E-state index in [1.807, 2.05) is 30.3 Å². The molecule has 0 saturated carbocycles. The highest BCUT2D eigenvalue weighted by molar-refractivity contribution is 7.92. The van der Waals surface area contributed by atoms with Crippen molar-refractivity contribution in [1.29, 1.82) is 0 Å². The largest absolute Gasteiger partial charge is 0.443 e. The van der Waals surface area contributed by atoms with Crippen molar-refractivity contribution in [1.82, 2.24) is 10.3 Å². The summed E-state index contributed by atoms with van der Waals surface area (Å²) in [5.41, 5.74) is 2.16. The van der Waals surface area contributed by atoms with E-state index < -0.39 is 32.9 Å². The summed E-state index contributed by atoms with van der Waals surface area (Å²) in [5.74, 6) is -2.20.